The van der Waals surface area contributed by atoms with Crippen molar-refractivity contribution in [2.75, 3.05) is 23.7 Å². The molecular weight excluding hydrogens is 344 g/mol. The molecule has 0 fully saturated rings. The normalized spacial score (nSPS) is 11.3. The Bertz CT molecular complexity index is 899. The number of aromatic nitrogens is 4. The number of hydrogen-bond donors (Lipinski definition) is 4. The highest BCUT2D eigenvalue weighted by Crippen LogP contribution is 2.37. The van der Waals surface area contributed by atoms with Crippen LogP contribution in [-0.2, 0) is 0 Å². The summed E-state index contributed by atoms with van der Waals surface area (Å²) in [6.45, 7) is 5.19. The number of rotatable bonds is 6. The number of anilines is 2. The molecule has 9 nitrogen and oxygen atoms in total. The molecule has 25 heavy (non-hydrogen) atoms. The van der Waals surface area contributed by atoms with E-state index >= 15 is 0 Å². The van der Waals surface area contributed by atoms with E-state index in [0.717, 1.165) is 0 Å². The highest BCUT2D eigenvalue weighted by molar-refractivity contribution is 6.31. The number of aromatic hydroxyl groups is 1. The number of H-pyrrole nitrogens is 1. The van der Waals surface area contributed by atoms with E-state index in [1.54, 1.807) is 18.2 Å². The molecule has 3 rings (SSSR count). The van der Waals surface area contributed by atoms with Gasteiger partial charge in [0.15, 0.2) is 5.69 Å². The molecule has 4 N–H and O–H groups in total. The number of aromatic amines is 1. The summed E-state index contributed by atoms with van der Waals surface area (Å²) < 4.78 is 0. The summed E-state index contributed by atoms with van der Waals surface area (Å²) in [6.07, 6.45) is 0. The lowest BCUT2D eigenvalue weighted by Crippen LogP contribution is -2.08. The zero-order valence-electron chi connectivity index (χ0n) is 13.7. The van der Waals surface area contributed by atoms with Crippen molar-refractivity contribution in [3.8, 4) is 5.88 Å². The smallest absolute Gasteiger partial charge is 0.275 e. The van der Waals surface area contributed by atoms with E-state index in [-0.39, 0.29) is 17.5 Å². The Morgan fingerprint density at radius 3 is 2.40 bits per heavy atom. The lowest BCUT2D eigenvalue weighted by molar-refractivity contribution is 0.459. The maximum absolute atomic E-state index is 10.1. The van der Waals surface area contributed by atoms with Gasteiger partial charge in [-0.3, -0.25) is 0 Å². The SMILES string of the molecule is CCNc1nc(N=Nc2c(O)[nH]c3ccc(Cl)cc23)nc(NCC)n1. The topological polar surface area (TPSA) is 123 Å². The second-order valence-electron chi connectivity index (χ2n) is 5.06. The Balaban J connectivity index is 1.99. The van der Waals surface area contributed by atoms with Crippen molar-refractivity contribution >= 4 is 46.0 Å². The van der Waals surface area contributed by atoms with Gasteiger partial charge >= 0.3 is 0 Å². The Morgan fingerprint density at radius 1 is 1.08 bits per heavy atom. The van der Waals surface area contributed by atoms with Crippen LogP contribution in [0.2, 0.25) is 5.02 Å². The maximum atomic E-state index is 10.1. The molecule has 0 amide bonds. The first-order valence-electron chi connectivity index (χ1n) is 7.76. The van der Waals surface area contributed by atoms with Crippen LogP contribution >= 0.6 is 11.6 Å². The Hall–Kier alpha value is -2.94. The molecule has 0 aliphatic rings. The van der Waals surface area contributed by atoms with Crippen LogP contribution in [0.25, 0.3) is 10.9 Å². The van der Waals surface area contributed by atoms with Gasteiger partial charge in [-0.05, 0) is 32.0 Å². The van der Waals surface area contributed by atoms with Gasteiger partial charge in [-0.15, -0.1) is 10.2 Å². The molecule has 0 unspecified atom stereocenters. The quantitative estimate of drug-likeness (QED) is 0.493. The number of nitrogens with one attached hydrogen (secondary N) is 3. The van der Waals surface area contributed by atoms with Gasteiger partial charge in [-0.2, -0.15) is 15.0 Å². The van der Waals surface area contributed by atoms with E-state index in [9.17, 15) is 5.11 Å². The van der Waals surface area contributed by atoms with E-state index < -0.39 is 0 Å². The van der Waals surface area contributed by atoms with E-state index in [1.165, 1.54) is 0 Å². The van der Waals surface area contributed by atoms with Crippen molar-refractivity contribution in [2.45, 2.75) is 13.8 Å². The van der Waals surface area contributed by atoms with Gasteiger partial charge < -0.3 is 20.7 Å². The van der Waals surface area contributed by atoms with E-state index in [4.69, 9.17) is 11.6 Å². The minimum Gasteiger partial charge on any atom is -0.493 e. The van der Waals surface area contributed by atoms with Crippen LogP contribution in [0.5, 0.6) is 5.88 Å². The van der Waals surface area contributed by atoms with Crippen molar-refractivity contribution in [2.24, 2.45) is 10.2 Å². The van der Waals surface area contributed by atoms with Crippen LogP contribution in [-0.4, -0.2) is 38.1 Å². The maximum Gasteiger partial charge on any atom is 0.275 e. The summed E-state index contributed by atoms with van der Waals surface area (Å²) in [5.41, 5.74) is 0.973. The standard InChI is InChI=1S/C15H17ClN8O/c1-3-17-13-20-14(18-4-2)22-15(21-13)24-23-11-9-7-8(16)5-6-10(9)19-12(11)25/h5-7,19,25H,3-4H2,1-2H3,(H2,17,18,20,21,22). The van der Waals surface area contributed by atoms with Crippen molar-refractivity contribution in [1.82, 2.24) is 19.9 Å². The first-order valence-corrected chi connectivity index (χ1v) is 8.14. The molecule has 0 atom stereocenters. The molecule has 2 heterocycles. The molecule has 10 heteroatoms. The van der Waals surface area contributed by atoms with Gasteiger partial charge in [0.2, 0.25) is 17.8 Å². The van der Waals surface area contributed by atoms with Crippen molar-refractivity contribution in [3.05, 3.63) is 23.2 Å². The van der Waals surface area contributed by atoms with Crippen molar-refractivity contribution in [1.29, 1.82) is 0 Å². The summed E-state index contributed by atoms with van der Waals surface area (Å²) in [6, 6.07) is 5.17. The first kappa shape index (κ1) is 16.9. The van der Waals surface area contributed by atoms with Crippen LogP contribution in [0.4, 0.5) is 23.5 Å². The number of azo groups is 1. The Labute approximate surface area is 148 Å². The average molecular weight is 361 g/mol. The van der Waals surface area contributed by atoms with Crippen molar-refractivity contribution < 1.29 is 5.11 Å². The summed E-state index contributed by atoms with van der Waals surface area (Å²) in [5, 5.41) is 25.4. The average Bonchev–Trinajstić information content (AvgIpc) is 2.88. The minimum absolute atomic E-state index is 0.103. The predicted molar refractivity (Wildman–Crippen MR) is 97.3 cm³/mol. The fourth-order valence-corrected chi connectivity index (χ4v) is 2.39. The third-order valence-corrected chi connectivity index (χ3v) is 3.48. The summed E-state index contributed by atoms with van der Waals surface area (Å²) >= 11 is 6.01. The number of halogens is 1. The zero-order valence-corrected chi connectivity index (χ0v) is 14.5. The molecule has 2 aromatic heterocycles. The summed E-state index contributed by atoms with van der Waals surface area (Å²) in [7, 11) is 0. The van der Waals surface area contributed by atoms with Crippen LogP contribution < -0.4 is 10.6 Å². The molecule has 0 aliphatic carbocycles. The number of nitrogens with zero attached hydrogens (tertiary/aromatic N) is 5. The largest absolute Gasteiger partial charge is 0.493 e. The number of hydrogen-bond acceptors (Lipinski definition) is 8. The lowest BCUT2D eigenvalue weighted by atomic mass is 10.2. The number of benzene rings is 1. The Morgan fingerprint density at radius 2 is 1.76 bits per heavy atom. The van der Waals surface area contributed by atoms with Gasteiger partial charge in [0.1, 0.15) is 0 Å². The highest BCUT2D eigenvalue weighted by atomic mass is 35.5. The van der Waals surface area contributed by atoms with E-state index in [1.807, 2.05) is 13.8 Å². The van der Waals surface area contributed by atoms with Gasteiger partial charge in [0.25, 0.3) is 5.95 Å². The second-order valence-corrected chi connectivity index (χ2v) is 5.49. The molecule has 1 aromatic carbocycles. The fraction of sp³-hybridized carbons (Fsp3) is 0.267. The molecule has 0 saturated carbocycles. The van der Waals surface area contributed by atoms with Gasteiger partial charge in [-0.25, -0.2) is 0 Å². The Kier molecular flexibility index (Phi) is 4.94. The van der Waals surface area contributed by atoms with Crippen LogP contribution in [0.1, 0.15) is 13.8 Å². The van der Waals surface area contributed by atoms with E-state index in [0.29, 0.717) is 40.9 Å². The lowest BCUT2D eigenvalue weighted by Gasteiger charge is -2.05. The van der Waals surface area contributed by atoms with Gasteiger partial charge in [0, 0.05) is 23.5 Å². The molecular formula is C15H17ClN8O. The van der Waals surface area contributed by atoms with E-state index in [2.05, 4.69) is 40.8 Å². The molecule has 0 spiro atoms. The highest BCUT2D eigenvalue weighted by Gasteiger charge is 2.11. The van der Waals surface area contributed by atoms with Crippen LogP contribution in [0.3, 0.4) is 0 Å². The minimum atomic E-state index is -0.103. The summed E-state index contributed by atoms with van der Waals surface area (Å²) in [4.78, 5) is 15.4. The summed E-state index contributed by atoms with van der Waals surface area (Å²) in [5.74, 6) is 0.814. The molecule has 130 valence electrons. The van der Waals surface area contributed by atoms with Gasteiger partial charge in [0.05, 0.1) is 5.52 Å². The third-order valence-electron chi connectivity index (χ3n) is 3.25. The van der Waals surface area contributed by atoms with Crippen LogP contribution in [0.15, 0.2) is 28.4 Å². The third kappa shape index (κ3) is 3.77. The molecule has 0 saturated heterocycles. The molecule has 0 radical (unpaired) electrons. The second kappa shape index (κ2) is 7.31. The molecule has 0 aliphatic heterocycles. The number of fused-ring (bicyclic) bond motifs is 1. The van der Waals surface area contributed by atoms with Crippen molar-refractivity contribution in [3.63, 3.8) is 0 Å². The predicted octanol–water partition coefficient (Wildman–Crippen LogP) is 3.99. The first-order chi connectivity index (χ1) is 12.1. The molecule has 3 aromatic rings. The monoisotopic (exact) mass is 360 g/mol. The molecule has 0 bridgehead atoms. The fourth-order valence-electron chi connectivity index (χ4n) is 2.22. The van der Waals surface area contributed by atoms with Gasteiger partial charge in [-0.1, -0.05) is 11.6 Å². The zero-order chi connectivity index (χ0) is 17.8. The van der Waals surface area contributed by atoms with Crippen LogP contribution in [0, 0.1) is 0 Å².